The molecule has 0 spiro atoms. The monoisotopic (exact) mass is 459 g/mol. The van der Waals surface area contributed by atoms with Gasteiger partial charge >= 0.3 is 10.3 Å². The summed E-state index contributed by atoms with van der Waals surface area (Å²) in [7, 11) is -4.03. The van der Waals surface area contributed by atoms with Gasteiger partial charge in [-0.25, -0.2) is 15.1 Å². The van der Waals surface area contributed by atoms with E-state index in [1.807, 2.05) is 16.8 Å². The molecule has 0 saturated heterocycles. The summed E-state index contributed by atoms with van der Waals surface area (Å²) >= 11 is 0. The van der Waals surface area contributed by atoms with Gasteiger partial charge in [-0.15, -0.1) is 0 Å². The van der Waals surface area contributed by atoms with E-state index in [1.54, 1.807) is 6.33 Å². The fourth-order valence-corrected chi connectivity index (χ4v) is 5.28. The molecule has 10 heteroatoms. The number of anilines is 1. The smallest absolute Gasteiger partial charge is 0.333 e. The van der Waals surface area contributed by atoms with E-state index in [2.05, 4.69) is 39.6 Å². The number of fused-ring (bicyclic) bond motifs is 2. The Labute approximate surface area is 187 Å². The molecule has 4 N–H and O–H groups in total. The quantitative estimate of drug-likeness (QED) is 0.516. The Morgan fingerprint density at radius 2 is 2.03 bits per heavy atom. The van der Waals surface area contributed by atoms with Crippen LogP contribution in [0, 0.1) is 5.92 Å². The van der Waals surface area contributed by atoms with Crippen molar-refractivity contribution in [2.24, 2.45) is 11.1 Å². The molecule has 9 nitrogen and oxygen atoms in total. The van der Waals surface area contributed by atoms with Gasteiger partial charge in [0.25, 0.3) is 0 Å². The van der Waals surface area contributed by atoms with Crippen LogP contribution in [-0.4, -0.2) is 40.8 Å². The first-order valence-corrected chi connectivity index (χ1v) is 11.9. The van der Waals surface area contributed by atoms with Crippen molar-refractivity contribution in [1.82, 2.24) is 14.5 Å². The van der Waals surface area contributed by atoms with E-state index in [1.165, 1.54) is 11.1 Å². The van der Waals surface area contributed by atoms with Crippen LogP contribution in [0.1, 0.15) is 49.9 Å². The first-order valence-electron chi connectivity index (χ1n) is 10.4. The molecule has 0 aliphatic heterocycles. The third-order valence-electron chi connectivity index (χ3n) is 6.43. The van der Waals surface area contributed by atoms with Gasteiger partial charge < -0.3 is 15.0 Å². The summed E-state index contributed by atoms with van der Waals surface area (Å²) in [5.41, 5.74) is 3.47. The van der Waals surface area contributed by atoms with Crippen molar-refractivity contribution in [2.45, 2.75) is 51.3 Å². The number of nitrogens with zero attached hydrogens (tertiary/aromatic N) is 3. The molecule has 1 saturated carbocycles. The second kappa shape index (κ2) is 8.78. The molecule has 0 bridgehead atoms. The van der Waals surface area contributed by atoms with Crippen LogP contribution in [0.25, 0.3) is 11.0 Å². The van der Waals surface area contributed by atoms with Gasteiger partial charge in [0.1, 0.15) is 17.8 Å². The van der Waals surface area contributed by atoms with E-state index < -0.39 is 16.4 Å². The molecule has 5 rings (SSSR count). The molecule has 1 fully saturated rings. The summed E-state index contributed by atoms with van der Waals surface area (Å²) in [6.07, 6.45) is 5.96. The molecular weight excluding hydrogens is 430 g/mol. The van der Waals surface area contributed by atoms with Crippen LogP contribution in [0.2, 0.25) is 0 Å². The fraction of sp³-hybridized carbons (Fsp3) is 0.455. The summed E-state index contributed by atoms with van der Waals surface area (Å²) in [5, 5.41) is 19.8. The fourth-order valence-electron chi connectivity index (χ4n) is 4.92. The van der Waals surface area contributed by atoms with Crippen molar-refractivity contribution in [3.8, 4) is 0 Å². The van der Waals surface area contributed by atoms with Crippen LogP contribution in [-0.2, 0) is 20.9 Å². The van der Waals surface area contributed by atoms with Crippen LogP contribution in [0.15, 0.2) is 42.9 Å². The summed E-state index contributed by atoms with van der Waals surface area (Å²) in [4.78, 5) is 8.97. The minimum absolute atomic E-state index is 0. The number of hydrogen-bond donors (Lipinski definition) is 3. The van der Waals surface area contributed by atoms with Gasteiger partial charge in [0.2, 0.25) is 0 Å². The summed E-state index contributed by atoms with van der Waals surface area (Å²) in [5.74, 6) is 0.480. The lowest BCUT2D eigenvalue weighted by Crippen LogP contribution is -2.24. The number of rotatable bonds is 6. The molecule has 2 aliphatic carbocycles. The lowest BCUT2D eigenvalue weighted by atomic mass is 10.1. The summed E-state index contributed by atoms with van der Waals surface area (Å²) < 4.78 is 28.9. The average Bonchev–Trinajstić information content (AvgIpc) is 3.43. The average molecular weight is 460 g/mol. The number of hydrogen-bond acceptors (Lipinski definition) is 7. The number of aromatic nitrogens is 3. The number of aliphatic hydroxyl groups excluding tert-OH is 1. The number of nitrogens with one attached hydrogen (secondary N) is 1. The Morgan fingerprint density at radius 1 is 1.22 bits per heavy atom. The number of aliphatic hydroxyl groups is 1. The largest absolute Gasteiger partial charge is 0.393 e. The van der Waals surface area contributed by atoms with Gasteiger partial charge in [-0.3, -0.25) is 4.18 Å². The lowest BCUT2D eigenvalue weighted by Gasteiger charge is -2.16. The van der Waals surface area contributed by atoms with E-state index >= 15 is 0 Å². The highest BCUT2D eigenvalue weighted by Crippen LogP contribution is 2.39. The highest BCUT2D eigenvalue weighted by Gasteiger charge is 2.35. The molecule has 0 unspecified atom stereocenters. The first-order chi connectivity index (χ1) is 14.9. The molecule has 32 heavy (non-hydrogen) atoms. The van der Waals surface area contributed by atoms with Crippen molar-refractivity contribution in [1.29, 1.82) is 0 Å². The van der Waals surface area contributed by atoms with E-state index in [0.717, 1.165) is 29.7 Å². The zero-order valence-corrected chi connectivity index (χ0v) is 17.7. The second-order valence-electron chi connectivity index (χ2n) is 8.35. The zero-order chi connectivity index (χ0) is 21.6. The minimum Gasteiger partial charge on any atom is -0.393 e. The maximum Gasteiger partial charge on any atom is 0.333 e. The first kappa shape index (κ1) is 22.7. The van der Waals surface area contributed by atoms with Crippen LogP contribution >= 0.6 is 0 Å². The van der Waals surface area contributed by atoms with Crippen molar-refractivity contribution < 1.29 is 17.7 Å². The highest BCUT2D eigenvalue weighted by molar-refractivity contribution is 7.84. The Hall–Kier alpha value is -2.53. The molecule has 2 aromatic heterocycles. The topological polar surface area (TPSA) is 132 Å². The van der Waals surface area contributed by atoms with Gasteiger partial charge in [-0.05, 0) is 42.9 Å². The third-order valence-corrected chi connectivity index (χ3v) is 6.89. The number of benzene rings is 1. The number of aryl methyl sites for hydroxylation is 1. The standard InChI is InChI=1S/C21H25N5O4S.CH4/c22-31(28,29)30-11-14-9-15(10-19(14)27)26-8-7-17-20(23-12-24-21(17)26)25-18-6-5-13-3-1-2-4-16(13)18;/h1-4,7-8,12,14-15,18-19,27H,5-6,9-11H2,(H2,22,28,29)(H,23,24,25);1H4/t14-,15+,18-,19-;/m0./s1. The highest BCUT2D eigenvalue weighted by atomic mass is 32.2. The van der Waals surface area contributed by atoms with Gasteiger partial charge in [-0.2, -0.15) is 8.42 Å². The summed E-state index contributed by atoms with van der Waals surface area (Å²) in [6, 6.07) is 10.6. The second-order valence-corrected chi connectivity index (χ2v) is 9.57. The van der Waals surface area contributed by atoms with Gasteiger partial charge in [0, 0.05) is 18.2 Å². The molecule has 2 aliphatic rings. The molecular formula is C22H29N5O4S. The maximum atomic E-state index is 11.1. The summed E-state index contributed by atoms with van der Waals surface area (Å²) in [6.45, 7) is -0.126. The molecule has 1 aromatic carbocycles. The molecule has 0 radical (unpaired) electrons. The van der Waals surface area contributed by atoms with Crippen LogP contribution < -0.4 is 10.5 Å². The van der Waals surface area contributed by atoms with Crippen LogP contribution in [0.4, 0.5) is 5.82 Å². The SMILES string of the molecule is C.NS(=O)(=O)OC[C@@H]1C[C@@H](n2ccc3c(N[C@H]4CCc5ccccc54)ncnc32)C[C@@H]1O. The van der Waals surface area contributed by atoms with E-state index in [4.69, 9.17) is 9.32 Å². The predicted molar refractivity (Wildman–Crippen MR) is 122 cm³/mol. The third kappa shape index (κ3) is 4.36. The van der Waals surface area contributed by atoms with Crippen molar-refractivity contribution in [2.75, 3.05) is 11.9 Å². The normalized spacial score (nSPS) is 24.9. The van der Waals surface area contributed by atoms with Crippen molar-refractivity contribution in [3.63, 3.8) is 0 Å². The van der Waals surface area contributed by atoms with E-state index in [-0.39, 0.29) is 32.0 Å². The predicted octanol–water partition coefficient (Wildman–Crippen LogP) is 2.70. The molecule has 0 amide bonds. The molecule has 3 aromatic rings. The van der Waals surface area contributed by atoms with Crippen molar-refractivity contribution in [3.05, 3.63) is 54.0 Å². The molecule has 2 heterocycles. The van der Waals surface area contributed by atoms with Gasteiger partial charge in [-0.1, -0.05) is 31.7 Å². The number of nitrogens with two attached hydrogens (primary N) is 1. The maximum absolute atomic E-state index is 11.1. The van der Waals surface area contributed by atoms with Crippen LogP contribution in [0.5, 0.6) is 0 Å². The van der Waals surface area contributed by atoms with Gasteiger partial charge in [0.15, 0.2) is 0 Å². The van der Waals surface area contributed by atoms with E-state index in [0.29, 0.717) is 12.8 Å². The lowest BCUT2D eigenvalue weighted by molar-refractivity contribution is 0.100. The van der Waals surface area contributed by atoms with E-state index in [9.17, 15) is 13.5 Å². The Morgan fingerprint density at radius 3 is 2.84 bits per heavy atom. The molecule has 172 valence electrons. The Kier molecular flexibility index (Phi) is 6.22. The Balaban J connectivity index is 0.00000245. The zero-order valence-electron chi connectivity index (χ0n) is 16.9. The minimum atomic E-state index is -4.03. The van der Waals surface area contributed by atoms with Gasteiger partial charge in [0.05, 0.1) is 24.1 Å². The van der Waals surface area contributed by atoms with Crippen molar-refractivity contribution >= 4 is 27.2 Å². The van der Waals surface area contributed by atoms with Crippen LogP contribution in [0.3, 0.4) is 0 Å². The molecule has 4 atom stereocenters. The Bertz CT molecular complexity index is 1210.